The number of nitrogens with zero attached hydrogens (tertiary/aromatic N) is 1. The molecule has 2 aromatic rings. The van der Waals surface area contributed by atoms with Gasteiger partial charge in [-0.15, -0.1) is 13.2 Å². The average Bonchev–Trinajstić information content (AvgIpc) is 2.45. The number of nitrogens with one attached hydrogen (secondary N) is 1. The second-order valence-electron chi connectivity index (χ2n) is 4.54. The summed E-state index contributed by atoms with van der Waals surface area (Å²) >= 11 is 0. The van der Waals surface area contributed by atoms with Crippen molar-refractivity contribution in [2.24, 2.45) is 0 Å². The van der Waals surface area contributed by atoms with Crippen LogP contribution in [0.5, 0.6) is 5.75 Å². The Morgan fingerprint density at radius 1 is 1.19 bits per heavy atom. The first-order chi connectivity index (χ1) is 9.96. The number of hydrogen-bond donors (Lipinski definition) is 1. The van der Waals surface area contributed by atoms with Crippen LogP contribution in [0.4, 0.5) is 13.2 Å². The zero-order chi connectivity index (χ0) is 15.3. The molecule has 0 fully saturated rings. The number of para-hydroxylation sites is 1. The molecular formula is C15H15F3N2O. The van der Waals surface area contributed by atoms with E-state index in [1.54, 1.807) is 24.5 Å². The van der Waals surface area contributed by atoms with Gasteiger partial charge in [-0.2, -0.15) is 0 Å². The zero-order valence-electron chi connectivity index (χ0n) is 11.4. The van der Waals surface area contributed by atoms with Crippen molar-refractivity contribution in [1.82, 2.24) is 10.3 Å². The Labute approximate surface area is 120 Å². The normalized spacial score (nSPS) is 13.0. The third kappa shape index (κ3) is 4.75. The first-order valence-electron chi connectivity index (χ1n) is 6.42. The molecule has 0 saturated heterocycles. The highest BCUT2D eigenvalue weighted by Gasteiger charge is 2.31. The molecule has 0 aliphatic rings. The minimum Gasteiger partial charge on any atom is -0.405 e. The fourth-order valence-corrected chi connectivity index (χ4v) is 1.89. The van der Waals surface area contributed by atoms with Gasteiger partial charge in [0.15, 0.2) is 0 Å². The van der Waals surface area contributed by atoms with E-state index < -0.39 is 6.36 Å². The Bertz CT molecular complexity index is 573. The van der Waals surface area contributed by atoms with Gasteiger partial charge in [0.1, 0.15) is 5.75 Å². The summed E-state index contributed by atoms with van der Waals surface area (Å²) < 4.78 is 41.0. The minimum absolute atomic E-state index is 0.0300. The van der Waals surface area contributed by atoms with E-state index in [4.69, 9.17) is 0 Å². The van der Waals surface area contributed by atoms with Crippen LogP contribution in [-0.4, -0.2) is 11.3 Å². The van der Waals surface area contributed by atoms with E-state index in [2.05, 4.69) is 15.0 Å². The number of alkyl halides is 3. The highest BCUT2D eigenvalue weighted by Crippen LogP contribution is 2.26. The summed E-state index contributed by atoms with van der Waals surface area (Å²) in [4.78, 5) is 4.01. The molecule has 3 nitrogen and oxygen atoms in total. The molecule has 21 heavy (non-hydrogen) atoms. The maximum Gasteiger partial charge on any atom is 0.573 e. The fraction of sp³-hybridized carbons (Fsp3) is 0.267. The van der Waals surface area contributed by atoms with E-state index >= 15 is 0 Å². The molecule has 0 bridgehead atoms. The van der Waals surface area contributed by atoms with Crippen molar-refractivity contribution in [3.05, 3.63) is 59.9 Å². The largest absolute Gasteiger partial charge is 0.573 e. The zero-order valence-corrected chi connectivity index (χ0v) is 11.4. The van der Waals surface area contributed by atoms with Gasteiger partial charge < -0.3 is 10.1 Å². The van der Waals surface area contributed by atoms with Crippen molar-refractivity contribution >= 4 is 0 Å². The van der Waals surface area contributed by atoms with E-state index in [1.807, 2.05) is 19.1 Å². The van der Waals surface area contributed by atoms with Crippen LogP contribution in [-0.2, 0) is 6.54 Å². The van der Waals surface area contributed by atoms with Crippen LogP contribution < -0.4 is 10.1 Å². The van der Waals surface area contributed by atoms with Crippen molar-refractivity contribution in [2.45, 2.75) is 25.9 Å². The third-order valence-electron chi connectivity index (χ3n) is 2.98. The van der Waals surface area contributed by atoms with Gasteiger partial charge in [-0.3, -0.25) is 4.98 Å². The van der Waals surface area contributed by atoms with Gasteiger partial charge in [0.2, 0.25) is 0 Å². The number of rotatable bonds is 5. The summed E-state index contributed by atoms with van der Waals surface area (Å²) in [5.74, 6) is -0.184. The van der Waals surface area contributed by atoms with Crippen molar-refractivity contribution < 1.29 is 17.9 Å². The monoisotopic (exact) mass is 296 g/mol. The molecule has 2 rings (SSSR count). The van der Waals surface area contributed by atoms with Crippen LogP contribution >= 0.6 is 0 Å². The van der Waals surface area contributed by atoms with Crippen LogP contribution in [0.1, 0.15) is 24.1 Å². The molecular weight excluding hydrogens is 281 g/mol. The van der Waals surface area contributed by atoms with E-state index in [0.717, 1.165) is 5.56 Å². The third-order valence-corrected chi connectivity index (χ3v) is 2.98. The summed E-state index contributed by atoms with van der Waals surface area (Å²) in [6, 6.07) is 9.78. The van der Waals surface area contributed by atoms with Gasteiger partial charge in [-0.1, -0.05) is 24.3 Å². The highest BCUT2D eigenvalue weighted by atomic mass is 19.4. The minimum atomic E-state index is -4.69. The predicted molar refractivity (Wildman–Crippen MR) is 72.6 cm³/mol. The predicted octanol–water partition coefficient (Wildman–Crippen LogP) is 3.83. The molecule has 0 saturated carbocycles. The molecule has 0 aliphatic carbocycles. The van der Waals surface area contributed by atoms with Crippen LogP contribution in [0, 0.1) is 0 Å². The van der Waals surface area contributed by atoms with Crippen LogP contribution in [0.15, 0.2) is 48.8 Å². The Hall–Kier alpha value is -2.08. The Morgan fingerprint density at radius 2 is 1.95 bits per heavy atom. The lowest BCUT2D eigenvalue weighted by Crippen LogP contribution is -2.21. The molecule has 6 heteroatoms. The molecule has 0 radical (unpaired) electrons. The highest BCUT2D eigenvalue weighted by molar-refractivity contribution is 5.33. The van der Waals surface area contributed by atoms with Gasteiger partial charge >= 0.3 is 6.36 Å². The second-order valence-corrected chi connectivity index (χ2v) is 4.54. The van der Waals surface area contributed by atoms with Gasteiger partial charge in [-0.25, -0.2) is 0 Å². The standard InChI is InChI=1S/C15H15F3N2O/c1-11(12-6-4-8-19-9-12)20-10-13-5-2-3-7-14(13)21-15(16,17)18/h2-9,11,20H,10H2,1H3/t11-/m0/s1. The Balaban J connectivity index is 2.03. The summed E-state index contributed by atoms with van der Waals surface area (Å²) in [7, 11) is 0. The van der Waals surface area contributed by atoms with Crippen LogP contribution in [0.3, 0.4) is 0 Å². The number of halogens is 3. The maximum atomic E-state index is 12.3. The van der Waals surface area contributed by atoms with Gasteiger partial charge in [0.25, 0.3) is 0 Å². The van der Waals surface area contributed by atoms with Crippen LogP contribution in [0.25, 0.3) is 0 Å². The van der Waals surface area contributed by atoms with Crippen molar-refractivity contribution in [2.75, 3.05) is 0 Å². The quantitative estimate of drug-likeness (QED) is 0.910. The topological polar surface area (TPSA) is 34.1 Å². The van der Waals surface area contributed by atoms with Crippen molar-refractivity contribution in [3.63, 3.8) is 0 Å². The second kappa shape index (κ2) is 6.58. The summed E-state index contributed by atoms with van der Waals surface area (Å²) in [5, 5.41) is 3.15. The molecule has 1 heterocycles. The van der Waals surface area contributed by atoms with Gasteiger partial charge in [-0.05, 0) is 24.6 Å². The number of aromatic nitrogens is 1. The lowest BCUT2D eigenvalue weighted by molar-refractivity contribution is -0.274. The smallest absolute Gasteiger partial charge is 0.405 e. The SMILES string of the molecule is C[C@H](NCc1ccccc1OC(F)(F)F)c1cccnc1. The average molecular weight is 296 g/mol. The van der Waals surface area contributed by atoms with E-state index in [-0.39, 0.29) is 18.3 Å². The number of hydrogen-bond acceptors (Lipinski definition) is 3. The number of benzene rings is 1. The van der Waals surface area contributed by atoms with Gasteiger partial charge in [0, 0.05) is 30.5 Å². The van der Waals surface area contributed by atoms with E-state index in [0.29, 0.717) is 5.56 Å². The van der Waals surface area contributed by atoms with E-state index in [1.165, 1.54) is 12.1 Å². The summed E-state index contributed by atoms with van der Waals surface area (Å²) in [6.45, 7) is 2.19. The van der Waals surface area contributed by atoms with Crippen molar-refractivity contribution in [1.29, 1.82) is 0 Å². The summed E-state index contributed by atoms with van der Waals surface area (Å²) in [6.07, 6.45) is -1.30. The lowest BCUT2D eigenvalue weighted by Gasteiger charge is -2.17. The molecule has 0 amide bonds. The molecule has 0 unspecified atom stereocenters. The number of ether oxygens (including phenoxy) is 1. The maximum absolute atomic E-state index is 12.3. The molecule has 1 atom stereocenters. The summed E-state index contributed by atoms with van der Waals surface area (Å²) in [5.41, 5.74) is 1.41. The molecule has 0 spiro atoms. The Kier molecular flexibility index (Phi) is 4.80. The first-order valence-corrected chi connectivity index (χ1v) is 6.42. The first kappa shape index (κ1) is 15.3. The van der Waals surface area contributed by atoms with Gasteiger partial charge in [0.05, 0.1) is 0 Å². The fourth-order valence-electron chi connectivity index (χ4n) is 1.89. The molecule has 0 aliphatic heterocycles. The number of pyridine rings is 1. The molecule has 1 aromatic heterocycles. The van der Waals surface area contributed by atoms with Crippen molar-refractivity contribution in [3.8, 4) is 5.75 Å². The Morgan fingerprint density at radius 3 is 2.62 bits per heavy atom. The molecule has 1 aromatic carbocycles. The van der Waals surface area contributed by atoms with E-state index in [9.17, 15) is 13.2 Å². The van der Waals surface area contributed by atoms with Crippen LogP contribution in [0.2, 0.25) is 0 Å². The molecule has 1 N–H and O–H groups in total. The lowest BCUT2D eigenvalue weighted by atomic mass is 10.1. The molecule has 112 valence electrons.